The number of fused-ring (bicyclic) bond motifs is 8. The summed E-state index contributed by atoms with van der Waals surface area (Å²) in [6.45, 7) is 6.43. The van der Waals surface area contributed by atoms with Crippen LogP contribution >= 0.6 is 0 Å². The number of aliphatic hydroxyl groups excluding tert-OH is 2. The van der Waals surface area contributed by atoms with Gasteiger partial charge in [-0.15, -0.1) is 0 Å². The summed E-state index contributed by atoms with van der Waals surface area (Å²) in [5, 5.41) is 81.3. The van der Waals surface area contributed by atoms with Crippen molar-refractivity contribution in [3.8, 4) is 28.7 Å². The van der Waals surface area contributed by atoms with Crippen LogP contribution in [0.1, 0.15) is 62.8 Å². The number of ether oxygens (including phenoxy) is 8. The molecule has 17 nitrogen and oxygen atoms in total. The lowest BCUT2D eigenvalue weighted by atomic mass is 9.70. The lowest BCUT2D eigenvalue weighted by molar-refractivity contribution is -0.345. The van der Waals surface area contributed by atoms with E-state index < -0.39 is 94.8 Å². The van der Waals surface area contributed by atoms with Gasteiger partial charge in [0, 0.05) is 58.4 Å². The Bertz CT molecular complexity index is 2150. The molecule has 17 heteroatoms. The van der Waals surface area contributed by atoms with Crippen LogP contribution < -0.4 is 4.74 Å². The van der Waals surface area contributed by atoms with E-state index in [2.05, 4.69) is 0 Å². The van der Waals surface area contributed by atoms with Gasteiger partial charge in [0.05, 0.1) is 46.8 Å². The van der Waals surface area contributed by atoms with Crippen molar-refractivity contribution >= 4 is 27.5 Å². The number of hydrogen-bond acceptors (Lipinski definition) is 17. The second kappa shape index (κ2) is 13.4. The van der Waals surface area contributed by atoms with Crippen LogP contribution in [0.15, 0.2) is 23.6 Å². The van der Waals surface area contributed by atoms with E-state index in [9.17, 15) is 40.5 Å². The molecule has 1 aliphatic carbocycles. The number of aliphatic hydroxyl groups is 3. The molecule has 3 heterocycles. The monoisotopic (exact) mass is 787 g/mol. The number of methoxy groups -OCH3 is 4. The molecule has 2 bridgehead atoms. The average Bonchev–Trinajstić information content (AvgIpc) is 3.12. The number of hydrogen-bond donors (Lipinski definition) is 7. The first-order valence-electron chi connectivity index (χ1n) is 18.0. The quantitative estimate of drug-likeness (QED) is 0.103. The van der Waals surface area contributed by atoms with E-state index in [0.717, 1.165) is 7.11 Å². The molecular formula is C39H49NO16. The number of aromatic hydroxyl groups is 4. The third-order valence-corrected chi connectivity index (χ3v) is 12.1. The summed E-state index contributed by atoms with van der Waals surface area (Å²) >= 11 is 0. The van der Waals surface area contributed by atoms with Crippen molar-refractivity contribution in [3.63, 3.8) is 0 Å². The molecule has 11 atom stereocenters. The largest absolute Gasteiger partial charge is 0.507 e. The van der Waals surface area contributed by atoms with Crippen molar-refractivity contribution in [1.29, 1.82) is 0 Å². The van der Waals surface area contributed by atoms with Gasteiger partial charge in [0.2, 0.25) is 6.29 Å². The molecule has 0 radical (unpaired) electrons. The molecule has 3 aromatic rings. The molecule has 3 aromatic carbocycles. The number of carbonyl (C=O) groups excluding carboxylic acids is 1. The van der Waals surface area contributed by atoms with Crippen molar-refractivity contribution < 1.29 is 78.4 Å². The average molecular weight is 788 g/mol. The Labute approximate surface area is 322 Å². The van der Waals surface area contributed by atoms with E-state index in [1.807, 2.05) is 0 Å². The molecule has 0 spiro atoms. The van der Waals surface area contributed by atoms with Gasteiger partial charge in [-0.2, -0.15) is 0 Å². The lowest BCUT2D eigenvalue weighted by Crippen LogP contribution is -2.66. The van der Waals surface area contributed by atoms with Crippen LogP contribution in [-0.4, -0.2) is 137 Å². The summed E-state index contributed by atoms with van der Waals surface area (Å²) in [4.78, 5) is 15.0. The fourth-order valence-electron chi connectivity index (χ4n) is 9.36. The molecule has 56 heavy (non-hydrogen) atoms. The third-order valence-electron chi connectivity index (χ3n) is 12.1. The minimum Gasteiger partial charge on any atom is -0.507 e. The van der Waals surface area contributed by atoms with Gasteiger partial charge < -0.3 is 78.5 Å². The van der Waals surface area contributed by atoms with Crippen molar-refractivity contribution in [3.05, 3.63) is 40.3 Å². The number of rotatable bonds is 7. The van der Waals surface area contributed by atoms with E-state index in [-0.39, 0.29) is 61.9 Å². The molecule has 0 saturated carbocycles. The maximum absolute atomic E-state index is 13.5. The second-order valence-electron chi connectivity index (χ2n) is 15.6. The zero-order valence-electron chi connectivity index (χ0n) is 32.7. The molecular weight excluding hydrogens is 738 g/mol. The first-order chi connectivity index (χ1) is 26.2. The summed E-state index contributed by atoms with van der Waals surface area (Å²) in [7, 11) is 8.81. The lowest BCUT2D eigenvalue weighted by Gasteiger charge is -2.51. The van der Waals surface area contributed by atoms with Gasteiger partial charge in [-0.1, -0.05) is 0 Å². The second-order valence-corrected chi connectivity index (χ2v) is 15.6. The SMILES string of the molecule is COC(=O)[C@H]1c2cc3c(O)c4c5c(cc(O)c4c(O)c3c(O)c2[C@H](O[C@H]2O[C@H](C)C(OC)[C@@](C)(OC)[C@@H]2OC)C[C@@]1(C)O)[C@]1(C)O[C@H](O5)C(O)C(N(C)C)=C1O. The highest BCUT2D eigenvalue weighted by Gasteiger charge is 2.58. The summed E-state index contributed by atoms with van der Waals surface area (Å²) in [5.41, 5.74) is -4.57. The topological polar surface area (TPSA) is 236 Å². The Hall–Kier alpha value is -4.33. The fraction of sp³-hybridized carbons (Fsp3) is 0.564. The van der Waals surface area contributed by atoms with E-state index in [4.69, 9.17) is 37.9 Å². The normalized spacial score (nSPS) is 35.2. The molecule has 1 fully saturated rings. The van der Waals surface area contributed by atoms with E-state index in [0.29, 0.717) is 0 Å². The smallest absolute Gasteiger partial charge is 0.316 e. The Morgan fingerprint density at radius 1 is 0.911 bits per heavy atom. The minimum absolute atomic E-state index is 0.00651. The Morgan fingerprint density at radius 2 is 1.57 bits per heavy atom. The Balaban J connectivity index is 1.49. The van der Waals surface area contributed by atoms with Gasteiger partial charge >= 0.3 is 5.97 Å². The number of benzene rings is 3. The van der Waals surface area contributed by atoms with Crippen LogP contribution in [0.2, 0.25) is 0 Å². The number of likely N-dealkylation sites (N-methyl/N-ethyl adjacent to an activating group) is 1. The molecule has 7 N–H and O–H groups in total. The van der Waals surface area contributed by atoms with Crippen LogP contribution in [0.4, 0.5) is 0 Å². The molecule has 0 amide bonds. The summed E-state index contributed by atoms with van der Waals surface area (Å²) in [6, 6.07) is 2.51. The molecule has 2 unspecified atom stereocenters. The number of carbonyl (C=O) groups is 1. The van der Waals surface area contributed by atoms with Crippen LogP contribution in [0.3, 0.4) is 0 Å². The molecule has 4 aliphatic rings. The Kier molecular flexibility index (Phi) is 9.53. The van der Waals surface area contributed by atoms with Crippen molar-refractivity contribution in [2.45, 2.75) is 99.9 Å². The van der Waals surface area contributed by atoms with Crippen molar-refractivity contribution in [2.24, 2.45) is 0 Å². The number of phenols is 4. The van der Waals surface area contributed by atoms with E-state index >= 15 is 0 Å². The molecule has 306 valence electrons. The maximum Gasteiger partial charge on any atom is 0.316 e. The highest BCUT2D eigenvalue weighted by molar-refractivity contribution is 6.17. The minimum atomic E-state index is -1.88. The summed E-state index contributed by atoms with van der Waals surface area (Å²) < 4.78 is 47.5. The van der Waals surface area contributed by atoms with E-state index in [1.54, 1.807) is 27.9 Å². The van der Waals surface area contributed by atoms with Gasteiger partial charge in [0.25, 0.3) is 0 Å². The zero-order chi connectivity index (χ0) is 41.1. The number of nitrogens with zero attached hydrogens (tertiary/aromatic N) is 1. The first-order valence-corrected chi connectivity index (χ1v) is 18.0. The van der Waals surface area contributed by atoms with E-state index in [1.165, 1.54) is 52.2 Å². The molecule has 3 aliphatic heterocycles. The standard InChI is InChI=1S/C39H49NO16/c1-14-32(49-7)39(4,52-10)33(50-8)36(53-14)54-19-13-37(2,48)24(34(47)51-9)15-11-16-21(27(43)20(15)19)28(44)22-18(41)12-17-30(23(22)26(16)42)55-35-29(45)25(40(5)6)31(46)38(17,3)56-35/h11-12,14,19,24,29,32-33,35-36,41-46,48H,13H2,1-10H3/t14-,19-,24-,29?,32?,33-,35+,36-,37-,38+,39-/m1/s1. The van der Waals surface area contributed by atoms with Gasteiger partial charge in [0.15, 0.2) is 23.8 Å². The van der Waals surface area contributed by atoms with Crippen LogP contribution in [0.25, 0.3) is 21.5 Å². The third kappa shape index (κ3) is 5.32. The fourth-order valence-corrected chi connectivity index (χ4v) is 9.36. The van der Waals surface area contributed by atoms with Gasteiger partial charge in [-0.3, -0.25) is 4.79 Å². The van der Waals surface area contributed by atoms with Crippen LogP contribution in [0.5, 0.6) is 28.7 Å². The Morgan fingerprint density at radius 3 is 2.16 bits per heavy atom. The van der Waals surface area contributed by atoms with Gasteiger partial charge in [0.1, 0.15) is 52.5 Å². The van der Waals surface area contributed by atoms with Crippen LogP contribution in [0, 0.1) is 0 Å². The predicted octanol–water partition coefficient (Wildman–Crippen LogP) is 3.12. The predicted molar refractivity (Wildman–Crippen MR) is 195 cm³/mol. The summed E-state index contributed by atoms with van der Waals surface area (Å²) in [5.74, 6) is -5.36. The summed E-state index contributed by atoms with van der Waals surface area (Å²) in [6.07, 6.45) is -7.71. The van der Waals surface area contributed by atoms with Crippen LogP contribution in [-0.2, 0) is 43.6 Å². The molecule has 1 saturated heterocycles. The van der Waals surface area contributed by atoms with Gasteiger partial charge in [-0.05, 0) is 45.4 Å². The zero-order valence-corrected chi connectivity index (χ0v) is 32.7. The van der Waals surface area contributed by atoms with Crippen molar-refractivity contribution in [1.82, 2.24) is 4.90 Å². The highest BCUT2D eigenvalue weighted by atomic mass is 16.7. The molecule has 0 aromatic heterocycles. The molecule has 7 rings (SSSR count). The first kappa shape index (κ1) is 39.9. The van der Waals surface area contributed by atoms with Gasteiger partial charge in [-0.25, -0.2) is 0 Å². The number of phenolic OH excluding ortho intramolecular Hbond substituents is 4. The highest BCUT2D eigenvalue weighted by Crippen LogP contribution is 2.61. The van der Waals surface area contributed by atoms with Crippen molar-refractivity contribution in [2.75, 3.05) is 42.5 Å². The maximum atomic E-state index is 13.5. The number of esters is 1.